The summed E-state index contributed by atoms with van der Waals surface area (Å²) in [6, 6.07) is 0.779. The van der Waals surface area contributed by atoms with Crippen LogP contribution in [0.2, 0.25) is 0 Å². The maximum Gasteiger partial charge on any atom is 0.0195 e. The molecule has 1 aliphatic carbocycles. The highest BCUT2D eigenvalue weighted by Crippen LogP contribution is 2.26. The van der Waals surface area contributed by atoms with Crippen molar-refractivity contribution in [2.24, 2.45) is 5.92 Å². The molecule has 0 aromatic rings. The van der Waals surface area contributed by atoms with Crippen LogP contribution in [0.5, 0.6) is 0 Å². The van der Waals surface area contributed by atoms with Gasteiger partial charge < -0.3 is 10.2 Å². The van der Waals surface area contributed by atoms with E-state index in [9.17, 15) is 0 Å². The first-order valence-corrected chi connectivity index (χ1v) is 7.84. The first-order chi connectivity index (χ1) is 8.38. The van der Waals surface area contributed by atoms with E-state index in [-0.39, 0.29) is 0 Å². The van der Waals surface area contributed by atoms with Gasteiger partial charge in [-0.15, -0.1) is 0 Å². The van der Waals surface area contributed by atoms with Gasteiger partial charge in [0.1, 0.15) is 0 Å². The van der Waals surface area contributed by atoms with Gasteiger partial charge in [-0.2, -0.15) is 0 Å². The van der Waals surface area contributed by atoms with Gasteiger partial charge in [-0.05, 0) is 44.8 Å². The van der Waals surface area contributed by atoms with E-state index in [4.69, 9.17) is 0 Å². The van der Waals surface area contributed by atoms with Gasteiger partial charge in [0.05, 0.1) is 0 Å². The van der Waals surface area contributed by atoms with Crippen LogP contribution in [0.25, 0.3) is 0 Å². The Bertz CT molecular complexity index is 193. The Morgan fingerprint density at radius 1 is 1.06 bits per heavy atom. The predicted molar refractivity (Wildman–Crippen MR) is 74.3 cm³/mol. The number of rotatable bonds is 6. The molecule has 1 heterocycles. The van der Waals surface area contributed by atoms with Crippen LogP contribution in [0.3, 0.4) is 0 Å². The van der Waals surface area contributed by atoms with Crippen molar-refractivity contribution in [3.8, 4) is 0 Å². The monoisotopic (exact) mass is 238 g/mol. The molecule has 0 radical (unpaired) electrons. The largest absolute Gasteiger partial charge is 0.313 e. The minimum atomic E-state index is 0.779. The van der Waals surface area contributed by atoms with Gasteiger partial charge in [-0.1, -0.05) is 39.0 Å². The van der Waals surface area contributed by atoms with E-state index in [0.29, 0.717) is 0 Å². The molecule has 2 rings (SSSR count). The van der Waals surface area contributed by atoms with E-state index < -0.39 is 0 Å². The average molecular weight is 238 g/mol. The first-order valence-electron chi connectivity index (χ1n) is 7.84. The summed E-state index contributed by atoms with van der Waals surface area (Å²) in [6.07, 6.45) is 11.7. The second-order valence-corrected chi connectivity index (χ2v) is 5.98. The molecule has 1 aliphatic heterocycles. The van der Waals surface area contributed by atoms with Gasteiger partial charge in [-0.25, -0.2) is 0 Å². The standard InChI is InChI=1S/C15H30N2/c1-2-17(13-15-9-6-11-16-15)12-10-14-7-4-3-5-8-14/h14-16H,2-13H2,1H3. The fourth-order valence-corrected chi connectivity index (χ4v) is 3.44. The molecule has 0 spiro atoms. The van der Waals surface area contributed by atoms with Gasteiger partial charge in [-0.3, -0.25) is 0 Å². The lowest BCUT2D eigenvalue weighted by atomic mass is 9.87. The van der Waals surface area contributed by atoms with E-state index in [1.165, 1.54) is 77.5 Å². The second-order valence-electron chi connectivity index (χ2n) is 5.98. The van der Waals surface area contributed by atoms with Crippen molar-refractivity contribution >= 4 is 0 Å². The molecule has 100 valence electrons. The smallest absolute Gasteiger partial charge is 0.0195 e. The highest BCUT2D eigenvalue weighted by atomic mass is 15.1. The molecule has 1 unspecified atom stereocenters. The van der Waals surface area contributed by atoms with Crippen LogP contribution in [-0.4, -0.2) is 37.1 Å². The Morgan fingerprint density at radius 2 is 1.88 bits per heavy atom. The molecule has 2 heteroatoms. The third kappa shape index (κ3) is 4.59. The first kappa shape index (κ1) is 13.4. The summed E-state index contributed by atoms with van der Waals surface area (Å²) >= 11 is 0. The summed E-state index contributed by atoms with van der Waals surface area (Å²) in [4.78, 5) is 2.66. The average Bonchev–Trinajstić information content (AvgIpc) is 2.88. The van der Waals surface area contributed by atoms with Crippen LogP contribution in [0.1, 0.15) is 58.3 Å². The molecule has 17 heavy (non-hydrogen) atoms. The van der Waals surface area contributed by atoms with Crippen LogP contribution in [-0.2, 0) is 0 Å². The summed E-state index contributed by atoms with van der Waals surface area (Å²) in [6.45, 7) is 7.40. The lowest BCUT2D eigenvalue weighted by Crippen LogP contribution is -2.38. The highest BCUT2D eigenvalue weighted by molar-refractivity contribution is 4.78. The number of nitrogens with one attached hydrogen (secondary N) is 1. The van der Waals surface area contributed by atoms with Crippen molar-refractivity contribution in [3.05, 3.63) is 0 Å². The Hall–Kier alpha value is -0.0800. The van der Waals surface area contributed by atoms with Gasteiger partial charge in [0.2, 0.25) is 0 Å². The van der Waals surface area contributed by atoms with Crippen molar-refractivity contribution in [2.45, 2.75) is 64.3 Å². The maximum atomic E-state index is 3.62. The van der Waals surface area contributed by atoms with E-state index in [0.717, 1.165) is 12.0 Å². The SMILES string of the molecule is CCN(CCC1CCCCC1)CC1CCCN1. The lowest BCUT2D eigenvalue weighted by Gasteiger charge is -2.28. The fourth-order valence-electron chi connectivity index (χ4n) is 3.44. The van der Waals surface area contributed by atoms with Crippen molar-refractivity contribution in [1.82, 2.24) is 10.2 Å². The summed E-state index contributed by atoms with van der Waals surface area (Å²) in [5, 5.41) is 3.62. The molecule has 2 aliphatic rings. The van der Waals surface area contributed by atoms with Crippen molar-refractivity contribution < 1.29 is 0 Å². The van der Waals surface area contributed by atoms with E-state index in [1.54, 1.807) is 0 Å². The number of hydrogen-bond donors (Lipinski definition) is 1. The minimum Gasteiger partial charge on any atom is -0.313 e. The number of hydrogen-bond acceptors (Lipinski definition) is 2. The van der Waals surface area contributed by atoms with Crippen molar-refractivity contribution in [1.29, 1.82) is 0 Å². The zero-order chi connectivity index (χ0) is 11.9. The van der Waals surface area contributed by atoms with Gasteiger partial charge in [0, 0.05) is 12.6 Å². The topological polar surface area (TPSA) is 15.3 Å². The second kappa shape index (κ2) is 7.38. The minimum absolute atomic E-state index is 0.779. The van der Waals surface area contributed by atoms with Crippen LogP contribution < -0.4 is 5.32 Å². The Kier molecular flexibility index (Phi) is 5.79. The molecule has 0 aromatic heterocycles. The molecule has 1 atom stereocenters. The van der Waals surface area contributed by atoms with Gasteiger partial charge >= 0.3 is 0 Å². The zero-order valence-corrected chi connectivity index (χ0v) is 11.6. The van der Waals surface area contributed by atoms with Gasteiger partial charge in [0.25, 0.3) is 0 Å². The molecule has 1 saturated heterocycles. The molecule has 0 bridgehead atoms. The molecular weight excluding hydrogens is 208 g/mol. The third-order valence-corrected chi connectivity index (χ3v) is 4.67. The number of nitrogens with zero attached hydrogens (tertiary/aromatic N) is 1. The van der Waals surface area contributed by atoms with Crippen molar-refractivity contribution in [2.75, 3.05) is 26.2 Å². The molecule has 2 fully saturated rings. The van der Waals surface area contributed by atoms with Crippen LogP contribution in [0.15, 0.2) is 0 Å². The zero-order valence-electron chi connectivity index (χ0n) is 11.6. The van der Waals surface area contributed by atoms with Crippen LogP contribution >= 0.6 is 0 Å². The molecule has 0 aromatic carbocycles. The molecule has 0 amide bonds. The Labute approximate surface area is 107 Å². The Balaban J connectivity index is 1.63. The third-order valence-electron chi connectivity index (χ3n) is 4.67. The normalized spacial score (nSPS) is 26.8. The summed E-state index contributed by atoms with van der Waals surface area (Å²) in [5.41, 5.74) is 0. The molecule has 2 nitrogen and oxygen atoms in total. The van der Waals surface area contributed by atoms with E-state index in [2.05, 4.69) is 17.1 Å². The molecule has 1 N–H and O–H groups in total. The highest BCUT2D eigenvalue weighted by Gasteiger charge is 2.18. The quantitative estimate of drug-likeness (QED) is 0.765. The van der Waals surface area contributed by atoms with Crippen molar-refractivity contribution in [3.63, 3.8) is 0 Å². The lowest BCUT2D eigenvalue weighted by molar-refractivity contribution is 0.224. The molecule has 1 saturated carbocycles. The maximum absolute atomic E-state index is 3.62. The Morgan fingerprint density at radius 3 is 2.53 bits per heavy atom. The van der Waals surface area contributed by atoms with Crippen LogP contribution in [0, 0.1) is 5.92 Å². The fraction of sp³-hybridized carbons (Fsp3) is 1.00. The summed E-state index contributed by atoms with van der Waals surface area (Å²) in [5.74, 6) is 1.04. The number of likely N-dealkylation sites (N-methyl/N-ethyl adjacent to an activating group) is 1. The van der Waals surface area contributed by atoms with Crippen LogP contribution in [0.4, 0.5) is 0 Å². The summed E-state index contributed by atoms with van der Waals surface area (Å²) < 4.78 is 0. The van der Waals surface area contributed by atoms with Gasteiger partial charge in [0.15, 0.2) is 0 Å². The van der Waals surface area contributed by atoms with E-state index >= 15 is 0 Å². The van der Waals surface area contributed by atoms with E-state index in [1.807, 2.05) is 0 Å². The predicted octanol–water partition coefficient (Wildman–Crippen LogP) is 3.03. The summed E-state index contributed by atoms with van der Waals surface area (Å²) in [7, 11) is 0. The molecular formula is C15H30N2.